The van der Waals surface area contributed by atoms with Gasteiger partial charge in [0.05, 0.1) is 42.7 Å². The number of pyridine rings is 1. The number of amides is 1. The number of ether oxygens (including phenoxy) is 1. The van der Waals surface area contributed by atoms with Gasteiger partial charge in [-0.15, -0.1) is 0 Å². The van der Waals surface area contributed by atoms with Crippen LogP contribution >= 0.6 is 0 Å². The first-order valence-corrected chi connectivity index (χ1v) is 10.8. The first-order valence-electron chi connectivity index (χ1n) is 10.8. The number of nitrogens with zero attached hydrogens (tertiary/aromatic N) is 4. The number of morpholine rings is 1. The van der Waals surface area contributed by atoms with Gasteiger partial charge in [-0.05, 0) is 36.6 Å². The van der Waals surface area contributed by atoms with Crippen LogP contribution in [0, 0.1) is 0 Å². The van der Waals surface area contributed by atoms with Gasteiger partial charge in [0.1, 0.15) is 0 Å². The second-order valence-corrected chi connectivity index (χ2v) is 7.84. The maximum Gasteiger partial charge on any atom is 0.278 e. The lowest BCUT2D eigenvalue weighted by atomic mass is 9.99. The van der Waals surface area contributed by atoms with E-state index in [0.29, 0.717) is 24.6 Å². The number of rotatable bonds is 4. The zero-order valence-electron chi connectivity index (χ0n) is 17.7. The number of aryl methyl sites for hydroxylation is 1. The minimum atomic E-state index is -0.418. The fraction of sp³-hybridized carbons (Fsp3) is 0.304. The number of hydrogen-bond acceptors (Lipinski definition) is 8. The van der Waals surface area contributed by atoms with E-state index in [1.165, 1.54) is 5.56 Å². The molecule has 4 heterocycles. The van der Waals surface area contributed by atoms with Crippen molar-refractivity contribution in [2.45, 2.75) is 12.8 Å². The highest BCUT2D eigenvalue weighted by Gasteiger charge is 2.20. The van der Waals surface area contributed by atoms with Crippen molar-refractivity contribution in [2.75, 3.05) is 54.1 Å². The highest BCUT2D eigenvalue weighted by molar-refractivity contribution is 6.07. The van der Waals surface area contributed by atoms with Gasteiger partial charge in [0.25, 0.3) is 5.91 Å². The van der Waals surface area contributed by atoms with Crippen molar-refractivity contribution in [3.63, 3.8) is 0 Å². The molecule has 2 aliphatic heterocycles. The van der Waals surface area contributed by atoms with Gasteiger partial charge in [0, 0.05) is 37.1 Å². The third-order valence-electron chi connectivity index (χ3n) is 5.75. The largest absolute Gasteiger partial charge is 0.385 e. The van der Waals surface area contributed by atoms with Crippen molar-refractivity contribution in [1.82, 2.24) is 15.0 Å². The fourth-order valence-corrected chi connectivity index (χ4v) is 4.08. The van der Waals surface area contributed by atoms with Crippen LogP contribution in [0.5, 0.6) is 0 Å². The van der Waals surface area contributed by atoms with Crippen molar-refractivity contribution in [3.8, 4) is 11.3 Å². The Bertz CT molecular complexity index is 1140. The topological polar surface area (TPSA) is 118 Å². The second kappa shape index (κ2) is 8.80. The van der Waals surface area contributed by atoms with Crippen LogP contribution in [0.15, 0.2) is 42.9 Å². The molecule has 0 aliphatic carbocycles. The molecule has 2 aromatic heterocycles. The summed E-state index contributed by atoms with van der Waals surface area (Å²) in [5, 5.41) is 6.32. The third-order valence-corrected chi connectivity index (χ3v) is 5.75. The highest BCUT2D eigenvalue weighted by atomic mass is 16.5. The first kappa shape index (κ1) is 20.2. The molecule has 5 rings (SSSR count). The van der Waals surface area contributed by atoms with E-state index in [-0.39, 0.29) is 11.5 Å². The summed E-state index contributed by atoms with van der Waals surface area (Å²) in [5.74, 6) is -0.332. The Kier molecular flexibility index (Phi) is 5.55. The number of aromatic nitrogens is 3. The third kappa shape index (κ3) is 4.06. The lowest BCUT2D eigenvalue weighted by Gasteiger charge is -2.30. The molecule has 1 fully saturated rings. The summed E-state index contributed by atoms with van der Waals surface area (Å²) in [6.07, 6.45) is 7.05. The van der Waals surface area contributed by atoms with Crippen LogP contribution < -0.4 is 21.3 Å². The van der Waals surface area contributed by atoms with Crippen LogP contribution in [0.25, 0.3) is 11.3 Å². The van der Waals surface area contributed by atoms with Crippen molar-refractivity contribution >= 4 is 28.8 Å². The lowest BCUT2D eigenvalue weighted by Crippen LogP contribution is -2.36. The molecule has 164 valence electrons. The normalized spacial score (nSPS) is 15.6. The molecule has 2 aliphatic rings. The quantitative estimate of drug-likeness (QED) is 0.577. The monoisotopic (exact) mass is 431 g/mol. The van der Waals surface area contributed by atoms with Gasteiger partial charge in [-0.25, -0.2) is 9.97 Å². The molecule has 0 spiro atoms. The molecule has 0 atom stereocenters. The van der Waals surface area contributed by atoms with Crippen LogP contribution in [0.4, 0.5) is 22.9 Å². The van der Waals surface area contributed by atoms with Gasteiger partial charge in [-0.2, -0.15) is 0 Å². The first-order chi connectivity index (χ1) is 15.7. The zero-order chi connectivity index (χ0) is 21.9. The van der Waals surface area contributed by atoms with Crippen LogP contribution in [0.1, 0.15) is 22.5 Å². The Morgan fingerprint density at radius 1 is 1.19 bits per heavy atom. The average molecular weight is 432 g/mol. The molecule has 0 saturated carbocycles. The van der Waals surface area contributed by atoms with E-state index in [1.54, 1.807) is 18.6 Å². The maximum absolute atomic E-state index is 13.1. The molecule has 9 nitrogen and oxygen atoms in total. The molecule has 4 N–H and O–H groups in total. The number of carbonyl (C=O) groups is 1. The van der Waals surface area contributed by atoms with Crippen LogP contribution in [0.3, 0.4) is 0 Å². The van der Waals surface area contributed by atoms with E-state index in [1.807, 2.05) is 18.2 Å². The van der Waals surface area contributed by atoms with E-state index in [9.17, 15) is 4.79 Å². The van der Waals surface area contributed by atoms with Gasteiger partial charge < -0.3 is 26.0 Å². The number of fused-ring (bicyclic) bond motifs is 1. The highest BCUT2D eigenvalue weighted by Crippen LogP contribution is 2.29. The molecule has 1 amide bonds. The number of nitrogens with two attached hydrogens (primary N) is 1. The Labute approximate surface area is 186 Å². The summed E-state index contributed by atoms with van der Waals surface area (Å²) in [4.78, 5) is 28.2. The summed E-state index contributed by atoms with van der Waals surface area (Å²) < 4.78 is 5.43. The van der Waals surface area contributed by atoms with E-state index in [0.717, 1.165) is 49.4 Å². The summed E-state index contributed by atoms with van der Waals surface area (Å²) >= 11 is 0. The number of hydrogen-bond donors (Lipinski definition) is 3. The van der Waals surface area contributed by atoms with Crippen molar-refractivity contribution in [1.29, 1.82) is 0 Å². The van der Waals surface area contributed by atoms with Crippen LogP contribution in [-0.4, -0.2) is 53.7 Å². The molecule has 1 saturated heterocycles. The van der Waals surface area contributed by atoms with Crippen molar-refractivity contribution in [2.24, 2.45) is 0 Å². The maximum atomic E-state index is 13.1. The standard InChI is InChI=1S/C23H25N7O2/c24-22-21(23(31)29-19-13-25-7-5-20(19)30-8-10-32-11-9-30)28-18(14-27-22)16-3-4-17-15(12-16)2-1-6-26-17/h3-5,7,12-14,26H,1-2,6,8-11H2,(H2,24,27)(H,29,31). The molecule has 3 aromatic rings. The van der Waals surface area contributed by atoms with Gasteiger partial charge in [0.15, 0.2) is 11.5 Å². The fourth-order valence-electron chi connectivity index (χ4n) is 4.08. The number of anilines is 4. The van der Waals surface area contributed by atoms with E-state index >= 15 is 0 Å². The SMILES string of the molecule is Nc1ncc(-c2ccc3c(c2)CCCN3)nc1C(=O)Nc1cnccc1N1CCOCC1. The molecule has 0 bridgehead atoms. The van der Waals surface area contributed by atoms with E-state index in [2.05, 4.69) is 36.6 Å². The van der Waals surface area contributed by atoms with E-state index in [4.69, 9.17) is 10.5 Å². The molecule has 0 radical (unpaired) electrons. The van der Waals surface area contributed by atoms with Crippen LogP contribution in [-0.2, 0) is 11.2 Å². The molecular formula is C23H25N7O2. The summed E-state index contributed by atoms with van der Waals surface area (Å²) in [5.41, 5.74) is 11.5. The summed E-state index contributed by atoms with van der Waals surface area (Å²) in [6, 6.07) is 8.01. The Morgan fingerprint density at radius 3 is 2.94 bits per heavy atom. The zero-order valence-corrected chi connectivity index (χ0v) is 17.7. The lowest BCUT2D eigenvalue weighted by molar-refractivity contribution is 0.102. The van der Waals surface area contributed by atoms with Crippen LogP contribution in [0.2, 0.25) is 0 Å². The molecule has 9 heteroatoms. The van der Waals surface area contributed by atoms with E-state index < -0.39 is 5.91 Å². The Morgan fingerprint density at radius 2 is 2.06 bits per heavy atom. The smallest absolute Gasteiger partial charge is 0.278 e. The second-order valence-electron chi connectivity index (χ2n) is 7.84. The number of benzene rings is 1. The predicted molar refractivity (Wildman–Crippen MR) is 124 cm³/mol. The molecule has 32 heavy (non-hydrogen) atoms. The molecule has 1 aromatic carbocycles. The van der Waals surface area contributed by atoms with Gasteiger partial charge in [-0.1, -0.05) is 6.07 Å². The number of carbonyl (C=O) groups excluding carboxylic acids is 1. The predicted octanol–water partition coefficient (Wildman–Crippen LogP) is 2.57. The molecule has 0 unspecified atom stereocenters. The number of nitrogens with one attached hydrogen (secondary N) is 2. The number of nitrogen functional groups attached to an aromatic ring is 1. The Balaban J connectivity index is 1.42. The minimum absolute atomic E-state index is 0.0858. The molecular weight excluding hydrogens is 406 g/mol. The van der Waals surface area contributed by atoms with Crippen molar-refractivity contribution < 1.29 is 9.53 Å². The van der Waals surface area contributed by atoms with Gasteiger partial charge in [0.2, 0.25) is 0 Å². The van der Waals surface area contributed by atoms with Gasteiger partial charge in [-0.3, -0.25) is 9.78 Å². The Hall–Kier alpha value is -3.72. The average Bonchev–Trinajstić information content (AvgIpc) is 2.85. The summed E-state index contributed by atoms with van der Waals surface area (Å²) in [7, 11) is 0. The van der Waals surface area contributed by atoms with Crippen molar-refractivity contribution in [3.05, 3.63) is 54.1 Å². The minimum Gasteiger partial charge on any atom is -0.385 e. The van der Waals surface area contributed by atoms with Gasteiger partial charge >= 0.3 is 0 Å². The summed E-state index contributed by atoms with van der Waals surface area (Å²) in [6.45, 7) is 3.77.